The Kier molecular flexibility index (Phi) is 6.26. The maximum absolute atomic E-state index is 11.3. The van der Waals surface area contributed by atoms with Crippen LogP contribution in [0.15, 0.2) is 71.3 Å². The fourth-order valence-corrected chi connectivity index (χ4v) is 4.73. The van der Waals surface area contributed by atoms with Gasteiger partial charge in [-0.1, -0.05) is 48.5 Å². The molecule has 6 nitrogen and oxygen atoms in total. The quantitative estimate of drug-likeness (QED) is 0.451. The number of nitrogens with one attached hydrogen (secondary N) is 1. The Morgan fingerprint density at radius 1 is 1.12 bits per heavy atom. The number of aromatic nitrogens is 2. The summed E-state index contributed by atoms with van der Waals surface area (Å²) in [6.45, 7) is 5.90. The van der Waals surface area contributed by atoms with Gasteiger partial charge in [-0.15, -0.1) is 0 Å². The number of carbonyl (C=O) groups excluding carboxylic acids is 1. The lowest BCUT2D eigenvalue weighted by Gasteiger charge is -2.32. The van der Waals surface area contributed by atoms with E-state index in [2.05, 4.69) is 52.8 Å². The van der Waals surface area contributed by atoms with Gasteiger partial charge in [0.25, 0.3) is 0 Å². The molecule has 6 heteroatoms. The summed E-state index contributed by atoms with van der Waals surface area (Å²) >= 11 is 0. The molecule has 0 spiro atoms. The minimum atomic E-state index is 0.0430. The first-order valence-electron chi connectivity index (χ1n) is 11.7. The lowest BCUT2D eigenvalue weighted by Crippen LogP contribution is -2.40. The van der Waals surface area contributed by atoms with Crippen LogP contribution in [0.3, 0.4) is 0 Å². The molecule has 1 N–H and O–H groups in total. The van der Waals surface area contributed by atoms with E-state index in [1.165, 1.54) is 11.1 Å². The molecule has 2 aromatic carbocycles. The monoisotopic (exact) mass is 442 g/mol. The fourth-order valence-electron chi connectivity index (χ4n) is 4.73. The molecule has 1 aliphatic heterocycles. The van der Waals surface area contributed by atoms with Crippen LogP contribution in [0.5, 0.6) is 0 Å². The Morgan fingerprint density at radius 3 is 2.76 bits per heavy atom. The first-order valence-corrected chi connectivity index (χ1v) is 11.7. The fraction of sp³-hybridized carbons (Fsp3) is 0.333. The molecule has 1 fully saturated rings. The van der Waals surface area contributed by atoms with Crippen LogP contribution < -0.4 is 5.32 Å². The van der Waals surface area contributed by atoms with Gasteiger partial charge in [0.1, 0.15) is 11.3 Å². The molecule has 1 aliphatic rings. The Hall–Kier alpha value is -3.38. The third-order valence-electron chi connectivity index (χ3n) is 6.32. The molecular weight excluding hydrogens is 412 g/mol. The summed E-state index contributed by atoms with van der Waals surface area (Å²) in [6, 6.07) is 20.6. The van der Waals surface area contributed by atoms with Crippen molar-refractivity contribution in [2.45, 2.75) is 32.9 Å². The van der Waals surface area contributed by atoms with Crippen molar-refractivity contribution in [2.24, 2.45) is 5.92 Å². The van der Waals surface area contributed by atoms with Gasteiger partial charge in [-0.05, 0) is 43.0 Å². The highest BCUT2D eigenvalue weighted by Crippen LogP contribution is 2.30. The zero-order valence-corrected chi connectivity index (χ0v) is 19.0. The van der Waals surface area contributed by atoms with Gasteiger partial charge in [0.15, 0.2) is 5.76 Å². The highest BCUT2D eigenvalue weighted by molar-refractivity contribution is 5.82. The molecule has 0 bridgehead atoms. The van der Waals surface area contributed by atoms with E-state index in [0.29, 0.717) is 5.92 Å². The first-order chi connectivity index (χ1) is 16.1. The normalized spacial score (nSPS) is 16.8. The third kappa shape index (κ3) is 5.17. The standard InChI is InChI=1S/C27H30N4O2/c1-20(32)28-15-22-10-7-13-30(16-22)18-24-19-31(17-21-8-3-2-4-9-21)29-27(24)26-14-23-11-5-6-12-25(23)33-26/h2-6,8-9,11-12,14,19,22H,7,10,13,15-18H2,1H3,(H,28,32). The van der Waals surface area contributed by atoms with E-state index < -0.39 is 0 Å². The molecule has 4 aromatic rings. The highest BCUT2D eigenvalue weighted by Gasteiger charge is 2.23. The van der Waals surface area contributed by atoms with Gasteiger partial charge in [-0.25, -0.2) is 0 Å². The maximum atomic E-state index is 11.3. The summed E-state index contributed by atoms with van der Waals surface area (Å²) in [5, 5.41) is 9.03. The van der Waals surface area contributed by atoms with Crippen molar-refractivity contribution < 1.29 is 9.21 Å². The average Bonchev–Trinajstić information content (AvgIpc) is 3.42. The molecule has 1 atom stereocenters. The zero-order chi connectivity index (χ0) is 22.6. The number of rotatable bonds is 7. The molecule has 2 aromatic heterocycles. The first kappa shape index (κ1) is 21.5. The number of amides is 1. The lowest BCUT2D eigenvalue weighted by molar-refractivity contribution is -0.119. The Morgan fingerprint density at radius 2 is 1.94 bits per heavy atom. The van der Waals surface area contributed by atoms with Gasteiger partial charge >= 0.3 is 0 Å². The number of piperidine rings is 1. The van der Waals surface area contributed by atoms with E-state index in [1.54, 1.807) is 6.92 Å². The molecule has 33 heavy (non-hydrogen) atoms. The van der Waals surface area contributed by atoms with Crippen LogP contribution in [0.1, 0.15) is 30.9 Å². The Balaban J connectivity index is 1.41. The summed E-state index contributed by atoms with van der Waals surface area (Å²) in [4.78, 5) is 13.8. The van der Waals surface area contributed by atoms with Crippen molar-refractivity contribution in [1.29, 1.82) is 0 Å². The van der Waals surface area contributed by atoms with Gasteiger partial charge < -0.3 is 9.73 Å². The van der Waals surface area contributed by atoms with Crippen LogP contribution in [0.25, 0.3) is 22.4 Å². The number of para-hydroxylation sites is 1. The van der Waals surface area contributed by atoms with E-state index in [-0.39, 0.29) is 5.91 Å². The second kappa shape index (κ2) is 9.63. The molecule has 3 heterocycles. The third-order valence-corrected chi connectivity index (χ3v) is 6.32. The molecule has 0 saturated carbocycles. The van der Waals surface area contributed by atoms with Crippen molar-refractivity contribution >= 4 is 16.9 Å². The summed E-state index contributed by atoms with van der Waals surface area (Å²) in [5.74, 6) is 1.34. The molecule has 170 valence electrons. The summed E-state index contributed by atoms with van der Waals surface area (Å²) in [6.07, 6.45) is 4.45. The summed E-state index contributed by atoms with van der Waals surface area (Å²) in [7, 11) is 0. The van der Waals surface area contributed by atoms with Gasteiger partial charge in [-0.2, -0.15) is 5.10 Å². The van der Waals surface area contributed by atoms with Crippen molar-refractivity contribution in [3.63, 3.8) is 0 Å². The van der Waals surface area contributed by atoms with Crippen LogP contribution >= 0.6 is 0 Å². The Bertz CT molecular complexity index is 1190. The number of furan rings is 1. The van der Waals surface area contributed by atoms with E-state index in [9.17, 15) is 4.79 Å². The van der Waals surface area contributed by atoms with Crippen LogP contribution in [0.4, 0.5) is 0 Å². The van der Waals surface area contributed by atoms with Gasteiger partial charge in [0.2, 0.25) is 5.91 Å². The smallest absolute Gasteiger partial charge is 0.216 e. The lowest BCUT2D eigenvalue weighted by atomic mass is 9.97. The zero-order valence-electron chi connectivity index (χ0n) is 19.0. The van der Waals surface area contributed by atoms with Crippen molar-refractivity contribution in [1.82, 2.24) is 20.0 Å². The molecule has 0 radical (unpaired) electrons. The van der Waals surface area contributed by atoms with Crippen molar-refractivity contribution in [3.8, 4) is 11.5 Å². The van der Waals surface area contributed by atoms with E-state index >= 15 is 0 Å². The number of hydrogen-bond donors (Lipinski definition) is 1. The predicted molar refractivity (Wildman–Crippen MR) is 130 cm³/mol. The second-order valence-corrected chi connectivity index (χ2v) is 9.02. The SMILES string of the molecule is CC(=O)NCC1CCCN(Cc2cn(Cc3ccccc3)nc2-c2cc3ccccc3o2)C1. The van der Waals surface area contributed by atoms with Crippen LogP contribution in [-0.2, 0) is 17.9 Å². The molecular formula is C27H30N4O2. The number of hydrogen-bond acceptors (Lipinski definition) is 4. The Labute approximate surface area is 194 Å². The second-order valence-electron chi connectivity index (χ2n) is 9.02. The number of likely N-dealkylation sites (tertiary alicyclic amines) is 1. The van der Waals surface area contributed by atoms with Crippen LogP contribution in [0, 0.1) is 5.92 Å². The summed E-state index contributed by atoms with van der Waals surface area (Å²) in [5.41, 5.74) is 4.18. The van der Waals surface area contributed by atoms with E-state index in [4.69, 9.17) is 9.52 Å². The average molecular weight is 443 g/mol. The van der Waals surface area contributed by atoms with Gasteiger partial charge in [-0.3, -0.25) is 14.4 Å². The molecule has 0 aliphatic carbocycles. The van der Waals surface area contributed by atoms with Crippen LogP contribution in [-0.4, -0.2) is 40.2 Å². The number of benzene rings is 2. The molecule has 1 unspecified atom stereocenters. The van der Waals surface area contributed by atoms with Crippen LogP contribution in [0.2, 0.25) is 0 Å². The largest absolute Gasteiger partial charge is 0.454 e. The number of carbonyl (C=O) groups is 1. The van der Waals surface area contributed by atoms with E-state index in [1.807, 2.05) is 28.9 Å². The minimum absolute atomic E-state index is 0.0430. The van der Waals surface area contributed by atoms with Crippen molar-refractivity contribution in [2.75, 3.05) is 19.6 Å². The van der Waals surface area contributed by atoms with Crippen molar-refractivity contribution in [3.05, 3.63) is 78.0 Å². The summed E-state index contributed by atoms with van der Waals surface area (Å²) < 4.78 is 8.21. The van der Waals surface area contributed by atoms with E-state index in [0.717, 1.165) is 68.0 Å². The van der Waals surface area contributed by atoms with Gasteiger partial charge in [0.05, 0.1) is 6.54 Å². The molecule has 1 amide bonds. The molecule has 5 rings (SSSR count). The van der Waals surface area contributed by atoms with Gasteiger partial charge in [0, 0.05) is 43.7 Å². The number of fused-ring (bicyclic) bond motifs is 1. The topological polar surface area (TPSA) is 63.3 Å². The number of nitrogens with zero attached hydrogens (tertiary/aromatic N) is 3. The maximum Gasteiger partial charge on any atom is 0.216 e. The molecule has 1 saturated heterocycles. The highest BCUT2D eigenvalue weighted by atomic mass is 16.3. The predicted octanol–water partition coefficient (Wildman–Crippen LogP) is 4.69. The minimum Gasteiger partial charge on any atom is -0.454 e.